The van der Waals surface area contributed by atoms with Crippen LogP contribution in [0.2, 0.25) is 5.02 Å². The molecule has 0 aromatic heterocycles. The summed E-state index contributed by atoms with van der Waals surface area (Å²) in [4.78, 5) is 65.3. The number of carbonyl (C=O) groups excluding carboxylic acids is 5. The quantitative estimate of drug-likeness (QED) is 0.0420. The fourth-order valence-electron chi connectivity index (χ4n) is 8.44. The fourth-order valence-corrected chi connectivity index (χ4v) is 9.65. The van der Waals surface area contributed by atoms with Gasteiger partial charge in [-0.15, -0.1) is 23.2 Å². The molecular weight excluding hydrogens is 794 g/mol. The summed E-state index contributed by atoms with van der Waals surface area (Å²) in [6.45, 7) is 0. The van der Waals surface area contributed by atoms with Crippen LogP contribution in [0.15, 0.2) is 84.4 Å². The molecule has 55 heavy (non-hydrogen) atoms. The van der Waals surface area contributed by atoms with Gasteiger partial charge in [-0.3, -0.25) is 28.9 Å². The van der Waals surface area contributed by atoms with Crippen molar-refractivity contribution in [3.05, 3.63) is 135 Å². The number of imide groups is 2. The summed E-state index contributed by atoms with van der Waals surface area (Å²) in [5, 5.41) is 9.92. The molecule has 2 aliphatic carbocycles. The highest BCUT2D eigenvalue weighted by Gasteiger charge is 2.77. The van der Waals surface area contributed by atoms with Crippen molar-refractivity contribution in [2.75, 3.05) is 9.80 Å². The van der Waals surface area contributed by atoms with Crippen LogP contribution >= 0.6 is 34.8 Å². The molecule has 4 aliphatic rings. The predicted octanol–water partition coefficient (Wildman–Crippen LogP) is 7.74. The first-order valence-electron chi connectivity index (χ1n) is 16.6. The van der Waals surface area contributed by atoms with Gasteiger partial charge >= 0.3 is 0 Å². The van der Waals surface area contributed by atoms with Gasteiger partial charge in [0.2, 0.25) is 17.6 Å². The number of halogens is 8. The Labute approximate surface area is 322 Å². The summed E-state index contributed by atoms with van der Waals surface area (Å²) in [6.07, 6.45) is 0.723. The number of carbonyl (C=O) groups is 5. The molecular formula is C39H22Cl3F5N2O6. The third kappa shape index (κ3) is 4.98. The van der Waals surface area contributed by atoms with Gasteiger partial charge in [-0.25, -0.2) is 26.9 Å². The Balaban J connectivity index is 1.24. The second-order valence-electron chi connectivity index (χ2n) is 13.7. The lowest BCUT2D eigenvalue weighted by molar-refractivity contribution is -0.125. The Morgan fingerprint density at radius 1 is 0.727 bits per heavy atom. The average Bonchev–Trinajstić information content (AvgIpc) is 3.51. The number of phenols is 1. The number of fused-ring (bicyclic) bond motifs is 4. The third-order valence-electron chi connectivity index (χ3n) is 10.9. The zero-order valence-electron chi connectivity index (χ0n) is 27.6. The summed E-state index contributed by atoms with van der Waals surface area (Å²) in [5.41, 5.74) is -0.937. The van der Waals surface area contributed by atoms with Crippen LogP contribution in [0.4, 0.5) is 33.3 Å². The summed E-state index contributed by atoms with van der Waals surface area (Å²) in [7, 11) is 0. The molecule has 1 saturated carbocycles. The maximum absolute atomic E-state index is 15.3. The minimum Gasteiger partial charge on any atom is -0.508 e. The molecule has 0 radical (unpaired) electrons. The minimum absolute atomic E-state index is 0.0402. The molecule has 4 amide bonds. The lowest BCUT2D eigenvalue weighted by Gasteiger charge is -2.50. The maximum atomic E-state index is 15.3. The first kappa shape index (κ1) is 36.8. The maximum Gasteiger partial charge on any atom is 0.258 e. The highest BCUT2D eigenvalue weighted by atomic mass is 35.5. The first-order chi connectivity index (χ1) is 26.0. The number of nitrogens with zero attached hydrogens (tertiary/aromatic N) is 2. The van der Waals surface area contributed by atoms with E-state index in [9.17, 15) is 42.3 Å². The Bertz CT molecular complexity index is 2420. The molecule has 280 valence electrons. The molecule has 6 unspecified atom stereocenters. The summed E-state index contributed by atoms with van der Waals surface area (Å²) in [5.74, 6) is -22.8. The van der Waals surface area contributed by atoms with E-state index in [2.05, 4.69) is 0 Å². The number of aromatic hydroxyl groups is 1. The Kier molecular flexibility index (Phi) is 8.52. The lowest BCUT2D eigenvalue weighted by Crippen LogP contribution is -2.60. The van der Waals surface area contributed by atoms with Crippen molar-refractivity contribution in [1.29, 1.82) is 0 Å². The molecule has 16 heteroatoms. The van der Waals surface area contributed by atoms with Gasteiger partial charge in [-0.1, -0.05) is 59.6 Å². The summed E-state index contributed by atoms with van der Waals surface area (Å²) in [6, 6.07) is 17.6. The number of rotatable bonds is 5. The van der Waals surface area contributed by atoms with E-state index in [1.807, 2.05) is 0 Å². The van der Waals surface area contributed by atoms with Gasteiger partial charge in [0, 0.05) is 22.1 Å². The highest BCUT2D eigenvalue weighted by Crippen LogP contribution is 2.66. The van der Waals surface area contributed by atoms with Crippen molar-refractivity contribution >= 4 is 75.6 Å². The van der Waals surface area contributed by atoms with E-state index in [4.69, 9.17) is 34.8 Å². The van der Waals surface area contributed by atoms with Gasteiger partial charge in [0.05, 0.1) is 17.5 Å². The van der Waals surface area contributed by atoms with Crippen LogP contribution in [0.25, 0.3) is 0 Å². The second kappa shape index (κ2) is 12.7. The molecule has 8 nitrogen and oxygen atoms in total. The van der Waals surface area contributed by atoms with Crippen LogP contribution in [-0.2, 0) is 19.2 Å². The summed E-state index contributed by atoms with van der Waals surface area (Å²) < 4.78 is 73.5. The highest BCUT2D eigenvalue weighted by molar-refractivity contribution is 6.58. The number of hydrogen-bond acceptors (Lipinski definition) is 6. The molecule has 4 aromatic rings. The van der Waals surface area contributed by atoms with Crippen molar-refractivity contribution < 1.29 is 51.0 Å². The van der Waals surface area contributed by atoms with Gasteiger partial charge in [-0.2, -0.15) is 0 Å². The van der Waals surface area contributed by atoms with Crippen molar-refractivity contribution in [2.45, 2.75) is 28.5 Å². The lowest BCUT2D eigenvalue weighted by atomic mass is 9.56. The van der Waals surface area contributed by atoms with Crippen LogP contribution in [0.5, 0.6) is 5.75 Å². The van der Waals surface area contributed by atoms with Gasteiger partial charge in [-0.05, 0) is 60.7 Å². The van der Waals surface area contributed by atoms with Crippen molar-refractivity contribution in [1.82, 2.24) is 0 Å². The molecule has 8 rings (SSSR count). The van der Waals surface area contributed by atoms with Gasteiger partial charge in [0.15, 0.2) is 38.8 Å². The Morgan fingerprint density at radius 3 is 1.95 bits per heavy atom. The molecule has 0 spiro atoms. The normalized spacial score (nSPS) is 27.2. The molecule has 2 heterocycles. The van der Waals surface area contributed by atoms with Crippen LogP contribution in [-0.4, -0.2) is 44.3 Å². The molecule has 2 aliphatic heterocycles. The topological polar surface area (TPSA) is 112 Å². The average molecular weight is 816 g/mol. The fraction of sp³-hybridized carbons (Fsp3) is 0.205. The number of phenolic OH excluding ortho intramolecular Hbond substituents is 1. The summed E-state index contributed by atoms with van der Waals surface area (Å²) >= 11 is 20.8. The zero-order valence-corrected chi connectivity index (χ0v) is 29.9. The van der Waals surface area contributed by atoms with E-state index >= 15 is 8.78 Å². The number of alkyl halides is 2. The molecule has 3 fully saturated rings. The molecule has 4 aromatic carbocycles. The molecule has 6 atom stereocenters. The predicted molar refractivity (Wildman–Crippen MR) is 188 cm³/mol. The number of ketones is 1. The number of hydrogen-bond donors (Lipinski definition) is 1. The number of anilines is 2. The van der Waals surface area contributed by atoms with Crippen LogP contribution in [0, 0.1) is 46.8 Å². The van der Waals surface area contributed by atoms with Crippen LogP contribution in [0.1, 0.15) is 40.2 Å². The monoisotopic (exact) mass is 814 g/mol. The van der Waals surface area contributed by atoms with E-state index in [1.54, 1.807) is 30.3 Å². The van der Waals surface area contributed by atoms with Gasteiger partial charge in [0.25, 0.3) is 11.8 Å². The Hall–Kier alpha value is -5.11. The van der Waals surface area contributed by atoms with Crippen LogP contribution < -0.4 is 9.80 Å². The standard InChI is InChI=1S/C39H22Cl3F5N2O6/c40-24-14-19(50)10-11-21(24)26-20-12-13-22-25(35(53)48(34(22)52)18-8-6-17(7-9-18)33(51)16-4-2-1-3-5-16)23(20)15-38(41)36(54)49(37(55)39(26,38)42)32-30(46)28(44)27(43)29(45)31(32)47/h1-12,14,22-23,25-26,50H,13,15H2. The molecule has 1 N–H and O–H groups in total. The van der Waals surface area contributed by atoms with Crippen molar-refractivity contribution in [2.24, 2.45) is 17.8 Å². The SMILES string of the molecule is O=C(c1ccccc1)c1ccc(N2C(=O)C3CC=C4C(CC5(Cl)C(=O)N(c6c(F)c(F)c(F)c(F)c6F)C(=O)C5(Cl)C4c4ccc(O)cc4Cl)C3C2=O)cc1. The molecule has 0 bridgehead atoms. The van der Waals surface area contributed by atoms with Crippen molar-refractivity contribution in [3.63, 3.8) is 0 Å². The number of allylic oxidation sites excluding steroid dienone is 2. The minimum atomic E-state index is -2.77. The largest absolute Gasteiger partial charge is 0.508 e. The van der Waals surface area contributed by atoms with E-state index in [0.29, 0.717) is 5.56 Å². The second-order valence-corrected chi connectivity index (χ2v) is 15.3. The number of amides is 4. The zero-order chi connectivity index (χ0) is 39.5. The van der Waals surface area contributed by atoms with Crippen LogP contribution in [0.3, 0.4) is 0 Å². The van der Waals surface area contributed by atoms with Gasteiger partial charge < -0.3 is 5.11 Å². The van der Waals surface area contributed by atoms with Gasteiger partial charge in [0.1, 0.15) is 11.4 Å². The molecule has 2 saturated heterocycles. The Morgan fingerprint density at radius 2 is 1.33 bits per heavy atom. The number of benzene rings is 4. The third-order valence-corrected chi connectivity index (χ3v) is 12.7. The first-order valence-corrected chi connectivity index (χ1v) is 17.7. The van der Waals surface area contributed by atoms with E-state index in [1.165, 1.54) is 36.4 Å². The van der Waals surface area contributed by atoms with E-state index in [-0.39, 0.29) is 50.3 Å². The van der Waals surface area contributed by atoms with E-state index in [0.717, 1.165) is 17.0 Å². The van der Waals surface area contributed by atoms with Crippen molar-refractivity contribution in [3.8, 4) is 5.75 Å². The van der Waals surface area contributed by atoms with E-state index < -0.39 is 98.2 Å². The smallest absolute Gasteiger partial charge is 0.258 e.